The number of aromatic amines is 1. The fourth-order valence-corrected chi connectivity index (χ4v) is 5.66. The van der Waals surface area contributed by atoms with Crippen LogP contribution in [0.2, 0.25) is 0 Å². The number of thiophene rings is 1. The first-order valence-corrected chi connectivity index (χ1v) is 11.6. The minimum absolute atomic E-state index is 0.0481. The molecule has 0 bridgehead atoms. The van der Waals surface area contributed by atoms with Gasteiger partial charge < -0.3 is 10.1 Å². The molecule has 0 aliphatic carbocycles. The second kappa shape index (κ2) is 7.46. The van der Waals surface area contributed by atoms with Gasteiger partial charge in [-0.05, 0) is 41.3 Å². The Bertz CT molecular complexity index is 1380. The Morgan fingerprint density at radius 3 is 2.55 bits per heavy atom. The Morgan fingerprint density at radius 2 is 1.86 bits per heavy atom. The van der Waals surface area contributed by atoms with Crippen LogP contribution in [-0.2, 0) is 10.0 Å². The lowest BCUT2D eigenvalue weighted by molar-refractivity contribution is 0.478. The van der Waals surface area contributed by atoms with Crippen molar-refractivity contribution < 1.29 is 13.5 Å². The molecular weight excluding hydrogens is 432 g/mol. The molecule has 150 valence electrons. The molecule has 0 saturated heterocycles. The van der Waals surface area contributed by atoms with Gasteiger partial charge >= 0.3 is 0 Å². The Kier molecular flexibility index (Phi) is 5.12. The summed E-state index contributed by atoms with van der Waals surface area (Å²) in [5.74, 6) is 0.249. The summed E-state index contributed by atoms with van der Waals surface area (Å²) in [5.41, 5.74) is 1.61. The monoisotopic (exact) mass is 448 g/mol. The summed E-state index contributed by atoms with van der Waals surface area (Å²) >= 11 is 6.99. The lowest BCUT2D eigenvalue weighted by Gasteiger charge is -2.16. The summed E-state index contributed by atoms with van der Waals surface area (Å²) in [7, 11) is -2.17. The highest BCUT2D eigenvalue weighted by Crippen LogP contribution is 2.39. The fraction of sp³-hybridized carbons (Fsp3) is 0.150. The van der Waals surface area contributed by atoms with Crippen molar-refractivity contribution in [2.75, 3.05) is 19.5 Å². The van der Waals surface area contributed by atoms with Crippen molar-refractivity contribution in [1.82, 2.24) is 9.29 Å². The Hall–Kier alpha value is -2.39. The zero-order chi connectivity index (χ0) is 20.8. The third-order valence-corrected chi connectivity index (χ3v) is 7.78. The van der Waals surface area contributed by atoms with E-state index < -0.39 is 10.0 Å². The number of nitrogens with zero attached hydrogens (tertiary/aromatic N) is 1. The predicted octanol–water partition coefficient (Wildman–Crippen LogP) is 3.97. The quantitative estimate of drug-likeness (QED) is 0.452. The van der Waals surface area contributed by atoms with E-state index in [1.54, 1.807) is 18.2 Å². The number of nitrogens with one attached hydrogen (secondary N) is 1. The number of fused-ring (bicyclic) bond motifs is 3. The van der Waals surface area contributed by atoms with E-state index in [1.807, 2.05) is 11.4 Å². The number of phenols is 1. The van der Waals surface area contributed by atoms with Crippen LogP contribution in [0, 0.1) is 0 Å². The van der Waals surface area contributed by atoms with Crippen LogP contribution in [0.1, 0.15) is 0 Å². The number of sulfonamides is 1. The van der Waals surface area contributed by atoms with Crippen molar-refractivity contribution in [2.24, 2.45) is 0 Å². The van der Waals surface area contributed by atoms with Gasteiger partial charge in [0.2, 0.25) is 10.0 Å². The van der Waals surface area contributed by atoms with E-state index in [0.717, 1.165) is 10.8 Å². The van der Waals surface area contributed by atoms with Crippen LogP contribution < -0.4 is 5.56 Å². The van der Waals surface area contributed by atoms with E-state index in [0.29, 0.717) is 21.3 Å². The van der Waals surface area contributed by atoms with Gasteiger partial charge in [-0.25, -0.2) is 8.42 Å². The van der Waals surface area contributed by atoms with Gasteiger partial charge in [0.05, 0.1) is 4.90 Å². The smallest absolute Gasteiger partial charge is 0.266 e. The van der Waals surface area contributed by atoms with Crippen LogP contribution in [0.3, 0.4) is 0 Å². The molecule has 29 heavy (non-hydrogen) atoms. The lowest BCUT2D eigenvalue weighted by Crippen LogP contribution is -2.28. The topological polar surface area (TPSA) is 90.5 Å². The van der Waals surface area contributed by atoms with Crippen LogP contribution in [0.15, 0.2) is 57.5 Å². The molecule has 0 aliphatic heterocycles. The largest absolute Gasteiger partial charge is 0.507 e. The van der Waals surface area contributed by atoms with E-state index in [2.05, 4.69) is 4.98 Å². The molecule has 0 spiro atoms. The van der Waals surface area contributed by atoms with Gasteiger partial charge in [0.15, 0.2) is 0 Å². The Balaban J connectivity index is 1.91. The third-order valence-electron chi connectivity index (χ3n) is 4.82. The van der Waals surface area contributed by atoms with Crippen LogP contribution in [-0.4, -0.2) is 42.3 Å². The first-order chi connectivity index (χ1) is 13.8. The number of H-pyrrole nitrogens is 1. The zero-order valence-electron chi connectivity index (χ0n) is 15.3. The number of aromatic nitrogens is 1. The summed E-state index contributed by atoms with van der Waals surface area (Å²) in [6.45, 7) is 0.208. The second-order valence-electron chi connectivity index (χ2n) is 6.54. The number of benzene rings is 2. The van der Waals surface area contributed by atoms with Crippen LogP contribution in [0.25, 0.3) is 32.1 Å². The molecule has 0 radical (unpaired) electrons. The molecule has 0 atom stereocenters. The third kappa shape index (κ3) is 3.32. The van der Waals surface area contributed by atoms with Crippen molar-refractivity contribution in [1.29, 1.82) is 0 Å². The van der Waals surface area contributed by atoms with E-state index >= 15 is 0 Å². The van der Waals surface area contributed by atoms with Crippen LogP contribution >= 0.6 is 22.9 Å². The SMILES string of the molecule is CN(CCCl)S(=O)(=O)c1ccc(-c2c(O)ccc3[nH]c(=O)c4sccc4c23)cc1. The highest BCUT2D eigenvalue weighted by atomic mass is 35.5. The number of pyridine rings is 1. The van der Waals surface area contributed by atoms with Crippen molar-refractivity contribution in [2.45, 2.75) is 4.90 Å². The molecule has 6 nitrogen and oxygen atoms in total. The molecule has 2 N–H and O–H groups in total. The number of phenolic OH excluding ortho intramolecular Hbond substituents is 1. The van der Waals surface area contributed by atoms with Gasteiger partial charge in [0, 0.05) is 41.3 Å². The van der Waals surface area contributed by atoms with Gasteiger partial charge in [0.25, 0.3) is 5.56 Å². The van der Waals surface area contributed by atoms with Gasteiger partial charge in [-0.3, -0.25) is 4.79 Å². The molecule has 9 heteroatoms. The highest BCUT2D eigenvalue weighted by Gasteiger charge is 2.21. The average molecular weight is 449 g/mol. The molecule has 2 aromatic heterocycles. The van der Waals surface area contributed by atoms with Crippen LogP contribution in [0.4, 0.5) is 0 Å². The standard InChI is InChI=1S/C20H17ClN2O4S2/c1-23(10-9-21)29(26,27)13-4-2-12(3-5-13)17-16(24)7-6-15-18(17)14-8-11-28-19(14)20(25)22-15/h2-8,11,24H,9-10H2,1H3,(H,22,25). The first-order valence-electron chi connectivity index (χ1n) is 8.72. The number of rotatable bonds is 5. The van der Waals surface area contributed by atoms with E-state index in [1.165, 1.54) is 40.9 Å². The lowest BCUT2D eigenvalue weighted by atomic mass is 9.97. The number of hydrogen-bond acceptors (Lipinski definition) is 5. The maximum atomic E-state index is 12.6. The van der Waals surface area contributed by atoms with E-state index in [4.69, 9.17) is 11.6 Å². The molecule has 0 unspecified atom stereocenters. The highest BCUT2D eigenvalue weighted by molar-refractivity contribution is 7.89. The maximum absolute atomic E-state index is 12.6. The van der Waals surface area contributed by atoms with E-state index in [9.17, 15) is 18.3 Å². The van der Waals surface area contributed by atoms with Crippen LogP contribution in [0.5, 0.6) is 5.75 Å². The molecule has 4 rings (SSSR count). The molecule has 0 fully saturated rings. The predicted molar refractivity (Wildman–Crippen MR) is 118 cm³/mol. The maximum Gasteiger partial charge on any atom is 0.266 e. The number of hydrogen-bond donors (Lipinski definition) is 2. The number of alkyl halides is 1. The summed E-state index contributed by atoms with van der Waals surface area (Å²) < 4.78 is 27.0. The molecular formula is C20H17ClN2O4S2. The Labute approximate surface area is 176 Å². The van der Waals surface area contributed by atoms with Gasteiger partial charge in [-0.2, -0.15) is 4.31 Å². The normalized spacial score (nSPS) is 12.2. The van der Waals surface area contributed by atoms with Gasteiger partial charge in [-0.1, -0.05) is 12.1 Å². The summed E-state index contributed by atoms with van der Waals surface area (Å²) in [6, 6.07) is 11.3. The van der Waals surface area contributed by atoms with Crippen molar-refractivity contribution >= 4 is 54.0 Å². The molecule has 0 amide bonds. The van der Waals surface area contributed by atoms with Crippen molar-refractivity contribution in [3.8, 4) is 16.9 Å². The number of halogens is 1. The summed E-state index contributed by atoms with van der Waals surface area (Å²) in [6.07, 6.45) is 0. The zero-order valence-corrected chi connectivity index (χ0v) is 17.7. The molecule has 2 aromatic carbocycles. The molecule has 0 aliphatic rings. The fourth-order valence-electron chi connectivity index (χ4n) is 3.34. The van der Waals surface area contributed by atoms with Gasteiger partial charge in [0.1, 0.15) is 10.4 Å². The van der Waals surface area contributed by atoms with Gasteiger partial charge in [-0.15, -0.1) is 22.9 Å². The summed E-state index contributed by atoms with van der Waals surface area (Å²) in [4.78, 5) is 15.3. The minimum Gasteiger partial charge on any atom is -0.507 e. The average Bonchev–Trinajstić information content (AvgIpc) is 3.19. The molecule has 0 saturated carbocycles. The first kappa shape index (κ1) is 19.9. The summed E-state index contributed by atoms with van der Waals surface area (Å²) in [5, 5.41) is 13.9. The molecule has 4 aromatic rings. The molecule has 2 heterocycles. The van der Waals surface area contributed by atoms with Crippen molar-refractivity contribution in [3.63, 3.8) is 0 Å². The Morgan fingerprint density at radius 1 is 1.14 bits per heavy atom. The van der Waals surface area contributed by atoms with E-state index in [-0.39, 0.29) is 28.6 Å². The number of aromatic hydroxyl groups is 1. The minimum atomic E-state index is -3.64. The second-order valence-corrected chi connectivity index (χ2v) is 9.88. The van der Waals surface area contributed by atoms with Crippen molar-refractivity contribution in [3.05, 3.63) is 58.2 Å².